The summed E-state index contributed by atoms with van der Waals surface area (Å²) in [4.78, 5) is 4.19. The third-order valence-electron chi connectivity index (χ3n) is 3.81. The molecule has 1 fully saturated rings. The van der Waals surface area contributed by atoms with E-state index in [1.165, 1.54) is 22.8 Å². The van der Waals surface area contributed by atoms with Gasteiger partial charge in [0.15, 0.2) is 0 Å². The number of fused-ring (bicyclic) bond motifs is 1. The van der Waals surface area contributed by atoms with E-state index in [0.29, 0.717) is 0 Å². The Hall–Kier alpha value is -1.37. The van der Waals surface area contributed by atoms with Crippen LogP contribution in [0.1, 0.15) is 31.7 Å². The third kappa shape index (κ3) is 1.51. The molecule has 1 aliphatic carbocycles. The van der Waals surface area contributed by atoms with Crippen LogP contribution in [0.3, 0.4) is 0 Å². The van der Waals surface area contributed by atoms with Crippen LogP contribution in [-0.4, -0.2) is 4.98 Å². The van der Waals surface area contributed by atoms with E-state index in [4.69, 9.17) is 0 Å². The van der Waals surface area contributed by atoms with Crippen LogP contribution in [-0.2, 0) is 0 Å². The molecule has 2 aromatic rings. The van der Waals surface area contributed by atoms with Crippen LogP contribution in [0.5, 0.6) is 0 Å². The maximum absolute atomic E-state index is 4.19. The van der Waals surface area contributed by atoms with Gasteiger partial charge in [-0.3, -0.25) is 4.98 Å². The summed E-state index contributed by atoms with van der Waals surface area (Å²) in [6, 6.07) is 8.75. The second-order valence-corrected chi connectivity index (χ2v) is 5.19. The Kier molecular flexibility index (Phi) is 2.20. The molecule has 1 nitrogen and oxygen atoms in total. The van der Waals surface area contributed by atoms with Crippen molar-refractivity contribution in [2.75, 3.05) is 0 Å². The second kappa shape index (κ2) is 3.58. The summed E-state index contributed by atoms with van der Waals surface area (Å²) in [5.74, 6) is 2.48. The van der Waals surface area contributed by atoms with Crippen molar-refractivity contribution in [3.8, 4) is 0 Å². The molecule has 1 aromatic carbocycles. The zero-order chi connectivity index (χ0) is 11.1. The van der Waals surface area contributed by atoms with E-state index in [-0.39, 0.29) is 0 Å². The first-order valence-electron chi connectivity index (χ1n) is 6.10. The molecule has 82 valence electrons. The smallest absolute Gasteiger partial charge is 0.0346 e. The van der Waals surface area contributed by atoms with E-state index in [2.05, 4.69) is 43.1 Å². The Bertz CT molecular complexity index is 510. The van der Waals surface area contributed by atoms with E-state index in [9.17, 15) is 0 Å². The first-order chi connectivity index (χ1) is 7.77. The normalized spacial score (nSPS) is 23.9. The fourth-order valence-electron chi connectivity index (χ4n) is 2.78. The van der Waals surface area contributed by atoms with Crippen molar-refractivity contribution in [2.24, 2.45) is 11.8 Å². The third-order valence-corrected chi connectivity index (χ3v) is 3.81. The summed E-state index contributed by atoms with van der Waals surface area (Å²) >= 11 is 0. The highest BCUT2D eigenvalue weighted by atomic mass is 14.6. The van der Waals surface area contributed by atoms with E-state index < -0.39 is 0 Å². The zero-order valence-corrected chi connectivity index (χ0v) is 9.85. The van der Waals surface area contributed by atoms with Crippen molar-refractivity contribution in [3.05, 3.63) is 42.2 Å². The highest BCUT2D eigenvalue weighted by Gasteiger charge is 2.40. The largest absolute Gasteiger partial charge is 0.264 e. The van der Waals surface area contributed by atoms with Gasteiger partial charge < -0.3 is 0 Å². The van der Waals surface area contributed by atoms with E-state index >= 15 is 0 Å². The first kappa shape index (κ1) is 9.83. The van der Waals surface area contributed by atoms with Crippen LogP contribution >= 0.6 is 0 Å². The SMILES string of the molecule is CC(C)[C@H]1C[C@@H]1c1cccc2cnccc12. The number of benzene rings is 1. The minimum absolute atomic E-state index is 0.783. The first-order valence-corrected chi connectivity index (χ1v) is 6.10. The van der Waals surface area contributed by atoms with Gasteiger partial charge in [-0.15, -0.1) is 0 Å². The fourth-order valence-corrected chi connectivity index (χ4v) is 2.78. The van der Waals surface area contributed by atoms with Gasteiger partial charge in [-0.2, -0.15) is 0 Å². The molecule has 3 rings (SSSR count). The van der Waals surface area contributed by atoms with Gasteiger partial charge in [-0.05, 0) is 41.2 Å². The highest BCUT2D eigenvalue weighted by molar-refractivity contribution is 5.85. The summed E-state index contributed by atoms with van der Waals surface area (Å²) in [5, 5.41) is 2.67. The Balaban J connectivity index is 2.05. The van der Waals surface area contributed by atoms with Crippen molar-refractivity contribution in [1.82, 2.24) is 4.98 Å². The van der Waals surface area contributed by atoms with Gasteiger partial charge in [0.1, 0.15) is 0 Å². The highest BCUT2D eigenvalue weighted by Crippen LogP contribution is 2.53. The van der Waals surface area contributed by atoms with Gasteiger partial charge in [0.2, 0.25) is 0 Å². The monoisotopic (exact) mass is 211 g/mol. The van der Waals surface area contributed by atoms with Crippen LogP contribution in [0.2, 0.25) is 0 Å². The number of hydrogen-bond donors (Lipinski definition) is 0. The molecule has 1 saturated carbocycles. The molecule has 1 aromatic heterocycles. The summed E-state index contributed by atoms with van der Waals surface area (Å²) in [6.07, 6.45) is 5.23. The average Bonchev–Trinajstić information content (AvgIpc) is 3.08. The minimum atomic E-state index is 0.783. The molecule has 1 heterocycles. The molecule has 0 aliphatic heterocycles. The number of hydrogen-bond acceptors (Lipinski definition) is 1. The molecule has 1 aliphatic rings. The predicted molar refractivity (Wildman–Crippen MR) is 67.4 cm³/mol. The Labute approximate surface area is 96.5 Å². The van der Waals surface area contributed by atoms with Crippen molar-refractivity contribution in [1.29, 1.82) is 0 Å². The second-order valence-electron chi connectivity index (χ2n) is 5.19. The molecule has 2 atom stereocenters. The van der Waals surface area contributed by atoms with Crippen molar-refractivity contribution in [2.45, 2.75) is 26.2 Å². The molecule has 16 heavy (non-hydrogen) atoms. The molecule has 0 N–H and O–H groups in total. The van der Waals surface area contributed by atoms with Crippen LogP contribution in [0.25, 0.3) is 10.8 Å². The quantitative estimate of drug-likeness (QED) is 0.731. The van der Waals surface area contributed by atoms with Gasteiger partial charge in [0, 0.05) is 17.8 Å². The minimum Gasteiger partial charge on any atom is -0.264 e. The fraction of sp³-hybridized carbons (Fsp3) is 0.400. The Morgan fingerprint density at radius 1 is 1.25 bits per heavy atom. The maximum Gasteiger partial charge on any atom is 0.0346 e. The lowest BCUT2D eigenvalue weighted by atomic mass is 9.98. The van der Waals surface area contributed by atoms with Gasteiger partial charge in [-0.25, -0.2) is 0 Å². The average molecular weight is 211 g/mol. The van der Waals surface area contributed by atoms with Crippen molar-refractivity contribution in [3.63, 3.8) is 0 Å². The molecule has 0 amide bonds. The number of nitrogens with zero attached hydrogens (tertiary/aromatic N) is 1. The molecular weight excluding hydrogens is 194 g/mol. The number of pyridine rings is 1. The molecule has 1 heteroatoms. The van der Waals surface area contributed by atoms with Crippen molar-refractivity contribution >= 4 is 10.8 Å². The van der Waals surface area contributed by atoms with Gasteiger partial charge in [-0.1, -0.05) is 32.0 Å². The topological polar surface area (TPSA) is 12.9 Å². The lowest BCUT2D eigenvalue weighted by Gasteiger charge is -2.07. The maximum atomic E-state index is 4.19. The summed E-state index contributed by atoms with van der Waals surface area (Å²) < 4.78 is 0. The standard InChI is InChI=1S/C15H17N/c1-10(2)14-8-15(14)13-5-3-4-11-9-16-7-6-12(11)13/h3-7,9-10,14-15H,8H2,1-2H3/t14-,15-/m1/s1. The van der Waals surface area contributed by atoms with Gasteiger partial charge >= 0.3 is 0 Å². The lowest BCUT2D eigenvalue weighted by molar-refractivity contribution is 0.549. The molecule has 0 saturated heterocycles. The van der Waals surface area contributed by atoms with Crippen LogP contribution in [0, 0.1) is 11.8 Å². The molecule has 0 spiro atoms. The van der Waals surface area contributed by atoms with E-state index in [1.54, 1.807) is 0 Å². The molecule has 0 bridgehead atoms. The predicted octanol–water partition coefficient (Wildman–Crippen LogP) is 3.99. The molecule has 0 radical (unpaired) electrons. The summed E-state index contributed by atoms with van der Waals surface area (Å²) in [5.41, 5.74) is 1.53. The van der Waals surface area contributed by atoms with Crippen LogP contribution in [0.4, 0.5) is 0 Å². The number of aromatic nitrogens is 1. The zero-order valence-electron chi connectivity index (χ0n) is 9.85. The summed E-state index contributed by atoms with van der Waals surface area (Å²) in [7, 11) is 0. The number of rotatable bonds is 2. The van der Waals surface area contributed by atoms with Crippen LogP contribution in [0.15, 0.2) is 36.7 Å². The van der Waals surface area contributed by atoms with Gasteiger partial charge in [0.05, 0.1) is 0 Å². The van der Waals surface area contributed by atoms with Gasteiger partial charge in [0.25, 0.3) is 0 Å². The van der Waals surface area contributed by atoms with E-state index in [0.717, 1.165) is 17.8 Å². The van der Waals surface area contributed by atoms with E-state index in [1.807, 2.05) is 12.4 Å². The Morgan fingerprint density at radius 3 is 2.88 bits per heavy atom. The molecular formula is C15H17N. The Morgan fingerprint density at radius 2 is 2.12 bits per heavy atom. The molecule has 0 unspecified atom stereocenters. The summed E-state index contributed by atoms with van der Waals surface area (Å²) in [6.45, 7) is 4.66. The van der Waals surface area contributed by atoms with Crippen molar-refractivity contribution < 1.29 is 0 Å². The lowest BCUT2D eigenvalue weighted by Crippen LogP contribution is -1.93. The van der Waals surface area contributed by atoms with Crippen LogP contribution < -0.4 is 0 Å².